The Morgan fingerprint density at radius 2 is 2.10 bits per heavy atom. The van der Waals surface area contributed by atoms with Crippen molar-refractivity contribution in [2.45, 2.75) is 31.7 Å². The number of fused-ring (bicyclic) bond motifs is 1. The number of carbonyl (C=O) groups excluding carboxylic acids is 1. The highest BCUT2D eigenvalue weighted by Crippen LogP contribution is 2.48. The Hall–Kier alpha value is -1.55. The number of aliphatic imine (C=N–C) groups is 1. The lowest BCUT2D eigenvalue weighted by Crippen LogP contribution is -2.44. The van der Waals surface area contributed by atoms with Gasteiger partial charge in [-0.25, -0.2) is 4.99 Å². The number of likely N-dealkylation sites (N-methyl/N-ethyl adjacent to an activating group) is 1. The summed E-state index contributed by atoms with van der Waals surface area (Å²) in [4.78, 5) is 18.1. The second-order valence-electron chi connectivity index (χ2n) is 7.92. The van der Waals surface area contributed by atoms with Crippen LogP contribution in [0.4, 0.5) is 0 Å². The summed E-state index contributed by atoms with van der Waals surface area (Å²) >= 11 is 0. The maximum Gasteiger partial charge on any atom is 0.243 e. The van der Waals surface area contributed by atoms with Crippen molar-refractivity contribution in [1.82, 2.24) is 15.5 Å². The standard InChI is InChI=1S/C21H32N4O3.HI/c1-25(2)19(26)14-22-20(23-15-21(9-10-21)11-13-27-3)24-17-8-12-28-18-7-5-4-6-16(17)18;/h4-7,17H,8-15H2,1-3H3,(H2,22,23,24);1H. The van der Waals surface area contributed by atoms with E-state index >= 15 is 0 Å². The van der Waals surface area contributed by atoms with Crippen LogP contribution in [0, 0.1) is 5.41 Å². The number of para-hydroxylation sites is 1. The highest BCUT2D eigenvalue weighted by molar-refractivity contribution is 14.0. The molecule has 1 aliphatic carbocycles. The summed E-state index contributed by atoms with van der Waals surface area (Å²) < 4.78 is 11.0. The molecule has 1 aromatic rings. The van der Waals surface area contributed by atoms with E-state index in [0.29, 0.717) is 12.6 Å². The fraction of sp³-hybridized carbons (Fsp3) is 0.619. The molecule has 3 rings (SSSR count). The minimum Gasteiger partial charge on any atom is -0.493 e. The van der Waals surface area contributed by atoms with Crippen molar-refractivity contribution >= 4 is 35.8 Å². The van der Waals surface area contributed by atoms with E-state index in [2.05, 4.69) is 21.7 Å². The Morgan fingerprint density at radius 3 is 2.79 bits per heavy atom. The summed E-state index contributed by atoms with van der Waals surface area (Å²) in [5.41, 5.74) is 1.42. The number of guanidine groups is 1. The topological polar surface area (TPSA) is 75.2 Å². The van der Waals surface area contributed by atoms with E-state index < -0.39 is 0 Å². The molecule has 162 valence electrons. The summed E-state index contributed by atoms with van der Waals surface area (Å²) in [6, 6.07) is 8.19. The lowest BCUT2D eigenvalue weighted by atomic mass is 10.0. The van der Waals surface area contributed by atoms with Crippen molar-refractivity contribution in [2.24, 2.45) is 10.4 Å². The van der Waals surface area contributed by atoms with Crippen molar-refractivity contribution < 1.29 is 14.3 Å². The van der Waals surface area contributed by atoms with Crippen molar-refractivity contribution in [3.05, 3.63) is 29.8 Å². The number of ether oxygens (including phenoxy) is 2. The number of methoxy groups -OCH3 is 1. The van der Waals surface area contributed by atoms with Crippen LogP contribution in [0.5, 0.6) is 5.75 Å². The van der Waals surface area contributed by atoms with Gasteiger partial charge < -0.3 is 25.0 Å². The summed E-state index contributed by atoms with van der Waals surface area (Å²) in [6.07, 6.45) is 4.30. The number of rotatable bonds is 8. The normalized spacial score (nSPS) is 19.3. The van der Waals surface area contributed by atoms with Gasteiger partial charge in [-0.1, -0.05) is 18.2 Å². The fourth-order valence-electron chi connectivity index (χ4n) is 3.38. The number of benzene rings is 1. The first-order valence-electron chi connectivity index (χ1n) is 9.99. The minimum absolute atomic E-state index is 0. The lowest BCUT2D eigenvalue weighted by molar-refractivity contribution is -0.127. The number of hydrogen-bond donors (Lipinski definition) is 2. The van der Waals surface area contributed by atoms with E-state index in [1.54, 1.807) is 26.1 Å². The molecule has 2 aliphatic rings. The average molecular weight is 516 g/mol. The van der Waals surface area contributed by atoms with Gasteiger partial charge in [0, 0.05) is 46.3 Å². The summed E-state index contributed by atoms with van der Waals surface area (Å²) in [7, 11) is 5.24. The first-order valence-corrected chi connectivity index (χ1v) is 9.99. The van der Waals surface area contributed by atoms with Crippen LogP contribution in [0.1, 0.15) is 37.3 Å². The first kappa shape index (κ1) is 23.7. The Labute approximate surface area is 190 Å². The Morgan fingerprint density at radius 1 is 1.34 bits per heavy atom. The van der Waals surface area contributed by atoms with Gasteiger partial charge in [0.05, 0.1) is 12.6 Å². The lowest BCUT2D eigenvalue weighted by Gasteiger charge is -2.28. The Kier molecular flexibility index (Phi) is 9.01. The van der Waals surface area contributed by atoms with Gasteiger partial charge >= 0.3 is 0 Å². The van der Waals surface area contributed by atoms with E-state index in [-0.39, 0.29) is 47.9 Å². The predicted molar refractivity (Wildman–Crippen MR) is 125 cm³/mol. The number of hydrogen-bond acceptors (Lipinski definition) is 4. The zero-order valence-corrected chi connectivity index (χ0v) is 19.9. The third-order valence-electron chi connectivity index (χ3n) is 5.57. The molecule has 1 heterocycles. The van der Waals surface area contributed by atoms with Crippen molar-refractivity contribution in [1.29, 1.82) is 0 Å². The van der Waals surface area contributed by atoms with Crippen LogP contribution in [0.2, 0.25) is 0 Å². The van der Waals surface area contributed by atoms with Gasteiger partial charge in [0.15, 0.2) is 5.96 Å². The molecular weight excluding hydrogens is 483 g/mol. The third-order valence-corrected chi connectivity index (χ3v) is 5.57. The monoisotopic (exact) mass is 516 g/mol. The maximum absolute atomic E-state index is 12.0. The van der Waals surface area contributed by atoms with Gasteiger partial charge in [0.1, 0.15) is 12.3 Å². The number of carbonyl (C=O) groups is 1. The zero-order chi connectivity index (χ0) is 20.0. The molecule has 1 fully saturated rings. The van der Waals surface area contributed by atoms with E-state index in [1.807, 2.05) is 18.2 Å². The van der Waals surface area contributed by atoms with Crippen LogP contribution >= 0.6 is 24.0 Å². The van der Waals surface area contributed by atoms with Crippen molar-refractivity contribution in [2.75, 3.05) is 47.5 Å². The predicted octanol–water partition coefficient (Wildman–Crippen LogP) is 2.57. The number of halogens is 1. The second-order valence-corrected chi connectivity index (χ2v) is 7.92. The molecule has 1 aliphatic heterocycles. The van der Waals surface area contributed by atoms with Crippen LogP contribution in [-0.2, 0) is 9.53 Å². The summed E-state index contributed by atoms with van der Waals surface area (Å²) in [5.74, 6) is 1.57. The summed E-state index contributed by atoms with van der Waals surface area (Å²) in [5, 5.41) is 7.00. The first-order chi connectivity index (χ1) is 13.5. The number of amides is 1. The molecule has 1 unspecified atom stereocenters. The minimum atomic E-state index is -0.0194. The molecule has 29 heavy (non-hydrogen) atoms. The quantitative estimate of drug-likeness (QED) is 0.316. The molecule has 0 bridgehead atoms. The maximum atomic E-state index is 12.0. The molecule has 0 saturated heterocycles. The Balaban J connectivity index is 0.00000300. The second kappa shape index (κ2) is 11.0. The largest absolute Gasteiger partial charge is 0.493 e. The van der Waals surface area contributed by atoms with Crippen LogP contribution < -0.4 is 15.4 Å². The zero-order valence-electron chi connectivity index (χ0n) is 17.6. The molecule has 1 saturated carbocycles. The van der Waals surface area contributed by atoms with E-state index in [0.717, 1.165) is 37.3 Å². The van der Waals surface area contributed by atoms with Gasteiger partial charge in [0.2, 0.25) is 5.91 Å². The van der Waals surface area contributed by atoms with Crippen molar-refractivity contribution in [3.63, 3.8) is 0 Å². The highest BCUT2D eigenvalue weighted by atomic mass is 127. The highest BCUT2D eigenvalue weighted by Gasteiger charge is 2.42. The van der Waals surface area contributed by atoms with Crippen molar-refractivity contribution in [3.8, 4) is 5.75 Å². The van der Waals surface area contributed by atoms with Gasteiger partial charge in [0.25, 0.3) is 0 Å². The molecule has 2 N–H and O–H groups in total. The molecule has 0 spiro atoms. The molecule has 7 nitrogen and oxygen atoms in total. The SMILES string of the molecule is COCCC1(CNC(=NCC(=O)N(C)C)NC2CCOc3ccccc32)CC1.I. The molecular formula is C21H33IN4O3. The van der Waals surface area contributed by atoms with Gasteiger partial charge in [-0.05, 0) is 30.7 Å². The van der Waals surface area contributed by atoms with E-state index in [9.17, 15) is 4.79 Å². The number of nitrogens with zero attached hydrogens (tertiary/aromatic N) is 2. The Bertz CT molecular complexity index is 707. The summed E-state index contributed by atoms with van der Waals surface area (Å²) in [6.45, 7) is 2.39. The van der Waals surface area contributed by atoms with Crippen LogP contribution in [-0.4, -0.2) is 64.3 Å². The van der Waals surface area contributed by atoms with Gasteiger partial charge in [-0.15, -0.1) is 24.0 Å². The van der Waals surface area contributed by atoms with Gasteiger partial charge in [-0.2, -0.15) is 0 Å². The van der Waals surface area contributed by atoms with E-state index in [1.165, 1.54) is 12.8 Å². The van der Waals surface area contributed by atoms with Gasteiger partial charge in [-0.3, -0.25) is 4.79 Å². The molecule has 0 aromatic heterocycles. The van der Waals surface area contributed by atoms with E-state index in [4.69, 9.17) is 9.47 Å². The molecule has 1 aromatic carbocycles. The van der Waals surface area contributed by atoms with Crippen LogP contribution in [0.25, 0.3) is 0 Å². The molecule has 8 heteroatoms. The molecule has 1 atom stereocenters. The smallest absolute Gasteiger partial charge is 0.243 e. The van der Waals surface area contributed by atoms with Crippen LogP contribution in [0.3, 0.4) is 0 Å². The third kappa shape index (κ3) is 6.74. The average Bonchev–Trinajstić information content (AvgIpc) is 3.48. The fourth-order valence-corrected chi connectivity index (χ4v) is 3.38. The van der Waals surface area contributed by atoms with Crippen LogP contribution in [0.15, 0.2) is 29.3 Å². The number of nitrogens with one attached hydrogen (secondary N) is 2. The molecule has 1 amide bonds. The molecule has 0 radical (unpaired) electrons.